The number of piperazine rings is 1. The zero-order valence-corrected chi connectivity index (χ0v) is 13.8. The van der Waals surface area contributed by atoms with Crippen LogP contribution in [0.1, 0.15) is 6.92 Å². The van der Waals surface area contributed by atoms with E-state index in [-0.39, 0.29) is 5.91 Å². The van der Waals surface area contributed by atoms with Gasteiger partial charge >= 0.3 is 0 Å². The van der Waals surface area contributed by atoms with E-state index in [4.69, 9.17) is 11.6 Å². The lowest BCUT2D eigenvalue weighted by Gasteiger charge is -2.38. The molecule has 0 spiro atoms. The number of nitrogens with one attached hydrogen (secondary N) is 1. The van der Waals surface area contributed by atoms with Crippen LogP contribution in [0.3, 0.4) is 0 Å². The molecule has 6 heteroatoms. The Bertz CT molecular complexity index is 698. The number of nitrogens with zero attached hydrogens (tertiary/aromatic N) is 3. The highest BCUT2D eigenvalue weighted by atomic mass is 35.5. The fourth-order valence-corrected chi connectivity index (χ4v) is 3.07. The van der Waals surface area contributed by atoms with E-state index in [1.54, 1.807) is 6.20 Å². The molecule has 0 radical (unpaired) electrons. The summed E-state index contributed by atoms with van der Waals surface area (Å²) in [5.41, 5.74) is 2.03. The first kappa shape index (κ1) is 15.6. The SMILES string of the molecule is CC(=O)Nc1ncccc1N1CCN(c2ccccc2Cl)CC1. The molecule has 5 nitrogen and oxygen atoms in total. The summed E-state index contributed by atoms with van der Waals surface area (Å²) in [5, 5.41) is 3.58. The molecule has 0 bridgehead atoms. The third kappa shape index (κ3) is 3.56. The average molecular weight is 331 g/mol. The molecule has 3 rings (SSSR count). The minimum Gasteiger partial charge on any atom is -0.367 e. The van der Waals surface area contributed by atoms with Crippen LogP contribution in [0.25, 0.3) is 0 Å². The van der Waals surface area contributed by atoms with Crippen molar-refractivity contribution in [1.29, 1.82) is 0 Å². The number of anilines is 3. The maximum atomic E-state index is 11.3. The Hall–Kier alpha value is -2.27. The smallest absolute Gasteiger partial charge is 0.222 e. The van der Waals surface area contributed by atoms with Crippen molar-refractivity contribution in [1.82, 2.24) is 4.98 Å². The third-order valence-corrected chi connectivity index (χ3v) is 4.21. The Morgan fingerprint density at radius 2 is 1.65 bits per heavy atom. The van der Waals surface area contributed by atoms with Gasteiger partial charge in [-0.1, -0.05) is 23.7 Å². The molecule has 1 aromatic heterocycles. The summed E-state index contributed by atoms with van der Waals surface area (Å²) in [6.45, 7) is 4.94. The van der Waals surface area contributed by atoms with Gasteiger partial charge in [0.15, 0.2) is 5.82 Å². The summed E-state index contributed by atoms with van der Waals surface area (Å²) in [7, 11) is 0. The molecule has 23 heavy (non-hydrogen) atoms. The van der Waals surface area contributed by atoms with Crippen LogP contribution < -0.4 is 15.1 Å². The average Bonchev–Trinajstić information content (AvgIpc) is 2.56. The largest absolute Gasteiger partial charge is 0.367 e. The molecule has 0 atom stereocenters. The minimum atomic E-state index is -0.111. The summed E-state index contributed by atoms with van der Waals surface area (Å²) < 4.78 is 0. The lowest BCUT2D eigenvalue weighted by molar-refractivity contribution is -0.114. The van der Waals surface area contributed by atoms with Crippen molar-refractivity contribution < 1.29 is 4.79 Å². The van der Waals surface area contributed by atoms with Crippen LogP contribution in [-0.2, 0) is 4.79 Å². The lowest BCUT2D eigenvalue weighted by Crippen LogP contribution is -2.47. The zero-order valence-electron chi connectivity index (χ0n) is 13.0. The summed E-state index contributed by atoms with van der Waals surface area (Å²) in [4.78, 5) is 20.1. The molecule has 1 aromatic carbocycles. The molecule has 0 unspecified atom stereocenters. The Morgan fingerprint density at radius 1 is 1.04 bits per heavy atom. The van der Waals surface area contributed by atoms with Crippen molar-refractivity contribution in [3.05, 3.63) is 47.6 Å². The van der Waals surface area contributed by atoms with E-state index >= 15 is 0 Å². The summed E-state index contributed by atoms with van der Waals surface area (Å²) >= 11 is 6.28. The zero-order chi connectivity index (χ0) is 16.2. The number of para-hydroxylation sites is 1. The number of aromatic nitrogens is 1. The van der Waals surface area contributed by atoms with Crippen LogP contribution in [0, 0.1) is 0 Å². The van der Waals surface area contributed by atoms with Crippen molar-refractivity contribution in [2.24, 2.45) is 0 Å². The van der Waals surface area contributed by atoms with Gasteiger partial charge in [0.1, 0.15) is 0 Å². The van der Waals surface area contributed by atoms with Gasteiger partial charge in [-0.05, 0) is 24.3 Å². The molecule has 1 aliphatic heterocycles. The Kier molecular flexibility index (Phi) is 4.67. The lowest BCUT2D eigenvalue weighted by atomic mass is 10.2. The van der Waals surface area contributed by atoms with E-state index in [1.807, 2.05) is 36.4 Å². The quantitative estimate of drug-likeness (QED) is 0.939. The summed E-state index contributed by atoms with van der Waals surface area (Å²) in [5.74, 6) is 0.505. The van der Waals surface area contributed by atoms with Crippen LogP contribution >= 0.6 is 11.6 Å². The molecule has 1 saturated heterocycles. The molecule has 2 heterocycles. The standard InChI is InChI=1S/C17H19ClN4O/c1-13(23)20-17-16(7-4-8-19-17)22-11-9-21(10-12-22)15-6-3-2-5-14(15)18/h2-8H,9-12H2,1H3,(H,19,20,23). The number of hydrogen-bond acceptors (Lipinski definition) is 4. The van der Waals surface area contributed by atoms with Gasteiger partial charge in [-0.3, -0.25) is 4.79 Å². The van der Waals surface area contributed by atoms with Gasteiger partial charge in [-0.15, -0.1) is 0 Å². The van der Waals surface area contributed by atoms with Gasteiger partial charge in [0.25, 0.3) is 0 Å². The van der Waals surface area contributed by atoms with Crippen molar-refractivity contribution in [3.63, 3.8) is 0 Å². The molecule has 2 aromatic rings. The number of hydrogen-bond donors (Lipinski definition) is 1. The van der Waals surface area contributed by atoms with Crippen LogP contribution in [0.2, 0.25) is 5.02 Å². The maximum absolute atomic E-state index is 11.3. The van der Waals surface area contributed by atoms with Gasteiger partial charge in [0.05, 0.1) is 16.4 Å². The number of carbonyl (C=O) groups excluding carboxylic acids is 1. The number of amides is 1. The maximum Gasteiger partial charge on any atom is 0.222 e. The van der Waals surface area contributed by atoms with Gasteiger partial charge in [-0.2, -0.15) is 0 Å². The molecular weight excluding hydrogens is 312 g/mol. The minimum absolute atomic E-state index is 0.111. The first-order chi connectivity index (χ1) is 11.1. The predicted molar refractivity (Wildman–Crippen MR) is 94.4 cm³/mol. The van der Waals surface area contributed by atoms with Crippen molar-refractivity contribution in [2.45, 2.75) is 6.92 Å². The highest BCUT2D eigenvalue weighted by molar-refractivity contribution is 6.33. The van der Waals surface area contributed by atoms with Gasteiger partial charge in [0.2, 0.25) is 5.91 Å². The molecule has 1 aliphatic rings. The van der Waals surface area contributed by atoms with E-state index in [1.165, 1.54) is 6.92 Å². The Balaban J connectivity index is 1.72. The second-order valence-electron chi connectivity index (χ2n) is 5.48. The number of carbonyl (C=O) groups is 1. The fourth-order valence-electron chi connectivity index (χ4n) is 2.81. The van der Waals surface area contributed by atoms with Crippen molar-refractivity contribution in [2.75, 3.05) is 41.3 Å². The van der Waals surface area contributed by atoms with E-state index in [9.17, 15) is 4.79 Å². The van der Waals surface area contributed by atoms with Crippen LogP contribution in [0.5, 0.6) is 0 Å². The monoisotopic (exact) mass is 330 g/mol. The molecule has 120 valence electrons. The topological polar surface area (TPSA) is 48.5 Å². The highest BCUT2D eigenvalue weighted by Gasteiger charge is 2.21. The third-order valence-electron chi connectivity index (χ3n) is 3.89. The molecule has 0 saturated carbocycles. The summed E-state index contributed by atoms with van der Waals surface area (Å²) in [6, 6.07) is 11.8. The van der Waals surface area contributed by atoms with Crippen LogP contribution in [0.15, 0.2) is 42.6 Å². The number of benzene rings is 1. The highest BCUT2D eigenvalue weighted by Crippen LogP contribution is 2.29. The first-order valence-corrected chi connectivity index (χ1v) is 8.00. The van der Waals surface area contributed by atoms with Gasteiger partial charge < -0.3 is 15.1 Å². The van der Waals surface area contributed by atoms with Crippen molar-refractivity contribution >= 4 is 34.7 Å². The van der Waals surface area contributed by atoms with Crippen molar-refractivity contribution in [3.8, 4) is 0 Å². The number of pyridine rings is 1. The molecule has 1 N–H and O–H groups in total. The van der Waals surface area contributed by atoms with E-state index in [0.717, 1.165) is 42.6 Å². The molecule has 1 amide bonds. The Morgan fingerprint density at radius 3 is 2.30 bits per heavy atom. The molecular formula is C17H19ClN4O. The van der Waals surface area contributed by atoms with E-state index in [2.05, 4.69) is 20.1 Å². The fraction of sp³-hybridized carbons (Fsp3) is 0.294. The van der Waals surface area contributed by atoms with E-state index < -0.39 is 0 Å². The van der Waals surface area contributed by atoms with Crippen LogP contribution in [0.4, 0.5) is 17.2 Å². The molecule has 0 aliphatic carbocycles. The normalized spacial score (nSPS) is 14.7. The summed E-state index contributed by atoms with van der Waals surface area (Å²) in [6.07, 6.45) is 1.69. The van der Waals surface area contributed by atoms with Crippen LogP contribution in [-0.4, -0.2) is 37.1 Å². The first-order valence-electron chi connectivity index (χ1n) is 7.62. The van der Waals surface area contributed by atoms with Gasteiger partial charge in [-0.25, -0.2) is 4.98 Å². The Labute approximate surface area is 140 Å². The second kappa shape index (κ2) is 6.87. The predicted octanol–water partition coefficient (Wildman–Crippen LogP) is 3.02. The number of halogens is 1. The van der Waals surface area contributed by atoms with E-state index in [0.29, 0.717) is 5.82 Å². The number of rotatable bonds is 3. The van der Waals surface area contributed by atoms with Gasteiger partial charge in [0, 0.05) is 39.3 Å². The molecule has 1 fully saturated rings. The second-order valence-corrected chi connectivity index (χ2v) is 5.89.